The van der Waals surface area contributed by atoms with E-state index in [0.29, 0.717) is 39.0 Å². The average molecular weight is 216 g/mol. The minimum absolute atomic E-state index is 0.350. The van der Waals surface area contributed by atoms with Crippen molar-refractivity contribution in [2.75, 3.05) is 19.8 Å². The average Bonchev–Trinajstić information content (AvgIpc) is 2.19. The van der Waals surface area contributed by atoms with Crippen LogP contribution in [0.4, 0.5) is 0 Å². The quantitative estimate of drug-likeness (QED) is 0.572. The van der Waals surface area contributed by atoms with E-state index in [1.807, 2.05) is 6.92 Å². The first-order valence-electron chi connectivity index (χ1n) is 5.40. The van der Waals surface area contributed by atoms with Gasteiger partial charge in [0.05, 0.1) is 11.6 Å². The van der Waals surface area contributed by atoms with Crippen LogP contribution >= 0.6 is 0 Å². The van der Waals surface area contributed by atoms with Gasteiger partial charge in [-0.3, -0.25) is 4.79 Å². The molecule has 88 valence electrons. The maximum Gasteiger partial charge on any atom is 0.234 e. The largest absolute Gasteiger partial charge is 0.388 e. The van der Waals surface area contributed by atoms with Crippen LogP contribution in [-0.2, 0) is 9.53 Å². The molecule has 1 amide bonds. The van der Waals surface area contributed by atoms with Gasteiger partial charge in [-0.25, -0.2) is 0 Å². The molecular formula is C10H20N2O3. The lowest BCUT2D eigenvalue weighted by Crippen LogP contribution is -2.51. The number of hydrogen-bond acceptors (Lipinski definition) is 4. The van der Waals surface area contributed by atoms with E-state index in [1.54, 1.807) is 0 Å². The molecule has 0 radical (unpaired) electrons. The Morgan fingerprint density at radius 3 is 2.67 bits per heavy atom. The van der Waals surface area contributed by atoms with Crippen molar-refractivity contribution >= 4 is 5.91 Å². The molecule has 1 heterocycles. The molecule has 0 spiro atoms. The highest BCUT2D eigenvalue weighted by atomic mass is 16.5. The molecule has 0 bridgehead atoms. The summed E-state index contributed by atoms with van der Waals surface area (Å²) < 4.78 is 5.17. The van der Waals surface area contributed by atoms with Gasteiger partial charge in [-0.2, -0.15) is 0 Å². The number of carbonyl (C=O) groups excluding carboxylic acids is 1. The summed E-state index contributed by atoms with van der Waals surface area (Å²) in [4.78, 5) is 11.0. The van der Waals surface area contributed by atoms with Crippen LogP contribution in [0.2, 0.25) is 0 Å². The second-order valence-corrected chi connectivity index (χ2v) is 4.08. The molecule has 1 rings (SSSR count). The van der Waals surface area contributed by atoms with Gasteiger partial charge in [-0.15, -0.1) is 0 Å². The van der Waals surface area contributed by atoms with Crippen LogP contribution in [-0.4, -0.2) is 42.4 Å². The maximum atomic E-state index is 11.0. The summed E-state index contributed by atoms with van der Waals surface area (Å²) in [6.07, 6.45) is 1.85. The lowest BCUT2D eigenvalue weighted by atomic mass is 9.94. The van der Waals surface area contributed by atoms with Gasteiger partial charge in [-0.1, -0.05) is 6.92 Å². The summed E-state index contributed by atoms with van der Waals surface area (Å²) in [5.41, 5.74) is 4.45. The van der Waals surface area contributed by atoms with Crippen LogP contribution in [0.1, 0.15) is 26.2 Å². The molecule has 1 aliphatic heterocycles. The van der Waals surface area contributed by atoms with Gasteiger partial charge in [0.15, 0.2) is 0 Å². The minimum Gasteiger partial charge on any atom is -0.388 e. The van der Waals surface area contributed by atoms with Gasteiger partial charge in [0.2, 0.25) is 5.91 Å². The summed E-state index contributed by atoms with van der Waals surface area (Å²) in [5, 5.41) is 13.1. The van der Waals surface area contributed by atoms with Crippen molar-refractivity contribution in [2.24, 2.45) is 5.73 Å². The standard InChI is InChI=1S/C10H20N2O3/c1-2-8(9(11)13)12-7-10(14)3-5-15-6-4-10/h8,12,14H,2-7H2,1H3,(H2,11,13). The number of primary amides is 1. The highest BCUT2D eigenvalue weighted by Crippen LogP contribution is 2.19. The first-order chi connectivity index (χ1) is 7.07. The highest BCUT2D eigenvalue weighted by molar-refractivity contribution is 5.79. The fraction of sp³-hybridized carbons (Fsp3) is 0.900. The number of nitrogens with two attached hydrogens (primary N) is 1. The molecule has 1 aliphatic rings. The van der Waals surface area contributed by atoms with Crippen molar-refractivity contribution in [2.45, 2.75) is 37.8 Å². The summed E-state index contributed by atoms with van der Waals surface area (Å²) in [5.74, 6) is -0.367. The van der Waals surface area contributed by atoms with Crippen molar-refractivity contribution in [3.8, 4) is 0 Å². The Balaban J connectivity index is 2.36. The van der Waals surface area contributed by atoms with Crippen molar-refractivity contribution < 1.29 is 14.6 Å². The van der Waals surface area contributed by atoms with Crippen molar-refractivity contribution in [1.82, 2.24) is 5.32 Å². The summed E-state index contributed by atoms with van der Waals surface area (Å²) in [6.45, 7) is 3.44. The van der Waals surface area contributed by atoms with E-state index < -0.39 is 5.60 Å². The zero-order chi connectivity index (χ0) is 11.3. The van der Waals surface area contributed by atoms with Crippen LogP contribution in [0, 0.1) is 0 Å². The van der Waals surface area contributed by atoms with E-state index in [2.05, 4.69) is 5.32 Å². The third-order valence-corrected chi connectivity index (χ3v) is 2.85. The first-order valence-corrected chi connectivity index (χ1v) is 5.40. The molecule has 0 saturated carbocycles. The van der Waals surface area contributed by atoms with Crippen LogP contribution in [0.5, 0.6) is 0 Å². The Hall–Kier alpha value is -0.650. The minimum atomic E-state index is -0.749. The third-order valence-electron chi connectivity index (χ3n) is 2.85. The van der Waals surface area contributed by atoms with Crippen molar-refractivity contribution in [3.05, 3.63) is 0 Å². The molecule has 1 fully saturated rings. The molecular weight excluding hydrogens is 196 g/mol. The third kappa shape index (κ3) is 3.77. The zero-order valence-electron chi connectivity index (χ0n) is 9.16. The van der Waals surface area contributed by atoms with Crippen molar-refractivity contribution in [3.63, 3.8) is 0 Å². The Bertz CT molecular complexity index is 215. The predicted octanol–water partition coefficient (Wildman–Crippen LogP) is -0.619. The number of aliphatic hydroxyl groups is 1. The maximum absolute atomic E-state index is 11.0. The second-order valence-electron chi connectivity index (χ2n) is 4.08. The first kappa shape index (κ1) is 12.4. The molecule has 0 aliphatic carbocycles. The number of rotatable bonds is 5. The van der Waals surface area contributed by atoms with Crippen LogP contribution < -0.4 is 11.1 Å². The monoisotopic (exact) mass is 216 g/mol. The summed E-state index contributed by atoms with van der Waals surface area (Å²) in [7, 11) is 0. The van der Waals surface area contributed by atoms with Gasteiger partial charge in [-0.05, 0) is 6.42 Å². The Morgan fingerprint density at radius 2 is 2.20 bits per heavy atom. The molecule has 1 saturated heterocycles. The van der Waals surface area contributed by atoms with Gasteiger partial charge < -0.3 is 20.9 Å². The second kappa shape index (κ2) is 5.44. The molecule has 5 nitrogen and oxygen atoms in total. The Kier molecular flexibility index (Phi) is 4.50. The fourth-order valence-corrected chi connectivity index (χ4v) is 1.69. The SMILES string of the molecule is CCC(NCC1(O)CCOCC1)C(N)=O. The zero-order valence-corrected chi connectivity index (χ0v) is 9.16. The Morgan fingerprint density at radius 1 is 1.60 bits per heavy atom. The van der Waals surface area contributed by atoms with Crippen molar-refractivity contribution in [1.29, 1.82) is 0 Å². The van der Waals surface area contributed by atoms with Crippen LogP contribution in [0.25, 0.3) is 0 Å². The van der Waals surface area contributed by atoms with Gasteiger partial charge in [0.25, 0.3) is 0 Å². The lowest BCUT2D eigenvalue weighted by Gasteiger charge is -2.33. The molecule has 0 aromatic heterocycles. The highest BCUT2D eigenvalue weighted by Gasteiger charge is 2.30. The van der Waals surface area contributed by atoms with E-state index in [-0.39, 0.29) is 11.9 Å². The number of nitrogens with one attached hydrogen (secondary N) is 1. The molecule has 15 heavy (non-hydrogen) atoms. The summed E-state index contributed by atoms with van der Waals surface area (Å²) >= 11 is 0. The lowest BCUT2D eigenvalue weighted by molar-refractivity contribution is -0.120. The summed E-state index contributed by atoms with van der Waals surface area (Å²) in [6, 6.07) is -0.350. The van der Waals surface area contributed by atoms with Gasteiger partial charge in [0, 0.05) is 32.6 Å². The molecule has 1 unspecified atom stereocenters. The predicted molar refractivity (Wildman–Crippen MR) is 56.3 cm³/mol. The van der Waals surface area contributed by atoms with E-state index in [0.717, 1.165) is 0 Å². The van der Waals surface area contributed by atoms with E-state index >= 15 is 0 Å². The van der Waals surface area contributed by atoms with Crippen LogP contribution in [0.3, 0.4) is 0 Å². The van der Waals surface area contributed by atoms with E-state index in [9.17, 15) is 9.90 Å². The number of ether oxygens (including phenoxy) is 1. The van der Waals surface area contributed by atoms with Gasteiger partial charge in [0.1, 0.15) is 0 Å². The number of hydrogen-bond donors (Lipinski definition) is 3. The van der Waals surface area contributed by atoms with Gasteiger partial charge >= 0.3 is 0 Å². The Labute approximate surface area is 90.0 Å². The smallest absolute Gasteiger partial charge is 0.234 e. The molecule has 4 N–H and O–H groups in total. The fourth-order valence-electron chi connectivity index (χ4n) is 1.69. The van der Waals surface area contributed by atoms with E-state index in [1.165, 1.54) is 0 Å². The number of amides is 1. The van der Waals surface area contributed by atoms with E-state index in [4.69, 9.17) is 10.5 Å². The number of carbonyl (C=O) groups is 1. The molecule has 5 heteroatoms. The molecule has 0 aromatic carbocycles. The van der Waals surface area contributed by atoms with Crippen LogP contribution in [0.15, 0.2) is 0 Å². The molecule has 1 atom stereocenters. The molecule has 0 aromatic rings. The normalized spacial score (nSPS) is 22.3. The topological polar surface area (TPSA) is 84.6 Å².